The van der Waals surface area contributed by atoms with E-state index in [1.54, 1.807) is 13.3 Å². The lowest BCUT2D eigenvalue weighted by Crippen LogP contribution is -2.50. The summed E-state index contributed by atoms with van der Waals surface area (Å²) in [4.78, 5) is 28.0. The number of methoxy groups -OCH3 is 1. The van der Waals surface area contributed by atoms with Gasteiger partial charge in [-0.05, 0) is 37.8 Å². The van der Waals surface area contributed by atoms with E-state index in [4.69, 9.17) is 9.72 Å². The zero-order chi connectivity index (χ0) is 21.4. The van der Waals surface area contributed by atoms with Crippen molar-refractivity contribution in [2.24, 2.45) is 5.92 Å². The fourth-order valence-electron chi connectivity index (χ4n) is 4.11. The van der Waals surface area contributed by atoms with Crippen molar-refractivity contribution >= 4 is 29.2 Å². The topological polar surface area (TPSA) is 104 Å². The van der Waals surface area contributed by atoms with E-state index >= 15 is 0 Å². The van der Waals surface area contributed by atoms with Gasteiger partial charge < -0.3 is 25.6 Å². The molecule has 0 spiro atoms. The van der Waals surface area contributed by atoms with Crippen LogP contribution in [0.2, 0.25) is 0 Å². The van der Waals surface area contributed by atoms with Crippen molar-refractivity contribution < 1.29 is 9.53 Å². The Morgan fingerprint density at radius 3 is 2.57 bits per heavy atom. The van der Waals surface area contributed by atoms with Crippen LogP contribution < -0.4 is 25.6 Å². The van der Waals surface area contributed by atoms with E-state index in [9.17, 15) is 4.79 Å². The number of carbonyl (C=O) groups is 1. The molecule has 1 atom stereocenters. The van der Waals surface area contributed by atoms with Crippen LogP contribution in [0.15, 0.2) is 18.3 Å². The number of carbonyl (C=O) groups excluding carboxylic acids is 1. The van der Waals surface area contributed by atoms with Crippen LogP contribution in [0.1, 0.15) is 32.4 Å². The van der Waals surface area contributed by atoms with Crippen molar-refractivity contribution in [2.45, 2.75) is 51.7 Å². The molecule has 9 nitrogen and oxygen atoms in total. The Morgan fingerprint density at radius 1 is 1.20 bits per heavy atom. The molecule has 4 rings (SSSR count). The molecule has 0 saturated heterocycles. The van der Waals surface area contributed by atoms with Crippen molar-refractivity contribution in [1.29, 1.82) is 0 Å². The maximum absolute atomic E-state index is 12.5. The second-order valence-corrected chi connectivity index (χ2v) is 8.36. The standard InChI is InChI=1S/C21H29N7O2/c1-11(2)18-20(29)26-17-12(3)23-21(27-19(17)28(18)4)25-14-8-13(9-14)24-16-7-6-15(30-5)10-22-16/h6-7,10-11,13-14,18H,8-9H2,1-5H3,(H,22,24)(H,26,29)(H,23,25,27)/t13-,14+,18?. The molecular formula is C21H29N7O2. The first-order valence-corrected chi connectivity index (χ1v) is 10.3. The van der Waals surface area contributed by atoms with Gasteiger partial charge >= 0.3 is 0 Å². The SMILES string of the molecule is COc1ccc(N[C@H]2C[C@@H](Nc3nc(C)c4c(n3)N(C)C(C(C)C)C(=O)N4)C2)nc1. The highest BCUT2D eigenvalue weighted by atomic mass is 16.5. The summed E-state index contributed by atoms with van der Waals surface area (Å²) in [6.07, 6.45) is 3.61. The third kappa shape index (κ3) is 3.83. The second kappa shape index (κ2) is 7.97. The Hall–Kier alpha value is -3.10. The number of aromatic nitrogens is 3. The molecular weight excluding hydrogens is 382 g/mol. The van der Waals surface area contributed by atoms with Crippen LogP contribution >= 0.6 is 0 Å². The molecule has 1 fully saturated rings. The van der Waals surface area contributed by atoms with Crippen LogP contribution in [0.5, 0.6) is 5.75 Å². The quantitative estimate of drug-likeness (QED) is 0.666. The first-order chi connectivity index (χ1) is 14.4. The van der Waals surface area contributed by atoms with E-state index in [2.05, 4.69) is 25.9 Å². The first kappa shape index (κ1) is 20.2. The zero-order valence-corrected chi connectivity index (χ0v) is 18.1. The van der Waals surface area contributed by atoms with Crippen LogP contribution in [0.3, 0.4) is 0 Å². The van der Waals surface area contributed by atoms with Gasteiger partial charge in [-0.1, -0.05) is 13.8 Å². The third-order valence-corrected chi connectivity index (χ3v) is 5.77. The Morgan fingerprint density at radius 2 is 1.93 bits per heavy atom. The van der Waals surface area contributed by atoms with Crippen LogP contribution in [0.25, 0.3) is 0 Å². The molecule has 3 heterocycles. The summed E-state index contributed by atoms with van der Waals surface area (Å²) in [6, 6.07) is 4.23. The van der Waals surface area contributed by atoms with E-state index in [0.717, 1.165) is 35.9 Å². The summed E-state index contributed by atoms with van der Waals surface area (Å²) in [6.45, 7) is 5.98. The molecule has 1 unspecified atom stereocenters. The number of pyridine rings is 1. The van der Waals surface area contributed by atoms with Gasteiger partial charge in [0.1, 0.15) is 23.3 Å². The number of hydrogen-bond acceptors (Lipinski definition) is 8. The molecule has 160 valence electrons. The summed E-state index contributed by atoms with van der Waals surface area (Å²) in [5.74, 6) is 3.13. The van der Waals surface area contributed by atoms with Crippen LogP contribution in [0, 0.1) is 12.8 Å². The van der Waals surface area contributed by atoms with Gasteiger partial charge in [-0.2, -0.15) is 4.98 Å². The zero-order valence-electron chi connectivity index (χ0n) is 18.1. The predicted octanol–water partition coefficient (Wildman–Crippen LogP) is 2.66. The number of ether oxygens (including phenoxy) is 1. The predicted molar refractivity (Wildman–Crippen MR) is 117 cm³/mol. The average Bonchev–Trinajstić information content (AvgIpc) is 2.67. The third-order valence-electron chi connectivity index (χ3n) is 5.77. The van der Waals surface area contributed by atoms with E-state index in [1.807, 2.05) is 44.9 Å². The van der Waals surface area contributed by atoms with Crippen molar-refractivity contribution in [1.82, 2.24) is 15.0 Å². The summed E-state index contributed by atoms with van der Waals surface area (Å²) in [5, 5.41) is 9.85. The Bertz CT molecular complexity index is 926. The maximum atomic E-state index is 12.5. The number of likely N-dealkylation sites (N-methyl/N-ethyl adjacent to an activating group) is 1. The van der Waals surface area contributed by atoms with E-state index in [0.29, 0.717) is 23.7 Å². The first-order valence-electron chi connectivity index (χ1n) is 10.3. The lowest BCUT2D eigenvalue weighted by Gasteiger charge is -2.38. The number of hydrogen-bond donors (Lipinski definition) is 3. The molecule has 30 heavy (non-hydrogen) atoms. The van der Waals surface area contributed by atoms with Crippen LogP contribution in [-0.4, -0.2) is 53.1 Å². The Kier molecular flexibility index (Phi) is 5.36. The molecule has 1 aliphatic heterocycles. The smallest absolute Gasteiger partial charge is 0.247 e. The molecule has 9 heteroatoms. The van der Waals surface area contributed by atoms with Crippen molar-refractivity contribution in [3.8, 4) is 5.75 Å². The van der Waals surface area contributed by atoms with Gasteiger partial charge in [-0.25, -0.2) is 9.97 Å². The minimum atomic E-state index is -0.242. The summed E-state index contributed by atoms with van der Waals surface area (Å²) in [5.41, 5.74) is 1.46. The van der Waals surface area contributed by atoms with Gasteiger partial charge in [0.15, 0.2) is 5.82 Å². The fourth-order valence-corrected chi connectivity index (χ4v) is 4.11. The molecule has 2 aliphatic rings. The van der Waals surface area contributed by atoms with Crippen LogP contribution in [-0.2, 0) is 4.79 Å². The minimum Gasteiger partial charge on any atom is -0.495 e. The van der Waals surface area contributed by atoms with Gasteiger partial charge in [-0.3, -0.25) is 4.79 Å². The largest absolute Gasteiger partial charge is 0.495 e. The molecule has 1 saturated carbocycles. The monoisotopic (exact) mass is 411 g/mol. The number of nitrogens with one attached hydrogen (secondary N) is 3. The Balaban J connectivity index is 1.39. The number of anilines is 4. The normalized spacial score (nSPS) is 22.8. The molecule has 3 N–H and O–H groups in total. The number of fused-ring (bicyclic) bond motifs is 1. The molecule has 2 aromatic heterocycles. The van der Waals surface area contributed by atoms with E-state index in [1.165, 1.54) is 0 Å². The van der Waals surface area contributed by atoms with Gasteiger partial charge in [0.25, 0.3) is 0 Å². The van der Waals surface area contributed by atoms with Gasteiger partial charge in [0.05, 0.1) is 19.0 Å². The highest BCUT2D eigenvalue weighted by Crippen LogP contribution is 2.35. The van der Waals surface area contributed by atoms with E-state index < -0.39 is 0 Å². The lowest BCUT2D eigenvalue weighted by molar-refractivity contribution is -0.118. The van der Waals surface area contributed by atoms with Crippen molar-refractivity contribution in [2.75, 3.05) is 35.0 Å². The molecule has 1 amide bonds. The second-order valence-electron chi connectivity index (χ2n) is 8.36. The van der Waals surface area contributed by atoms with Crippen molar-refractivity contribution in [3.05, 3.63) is 24.0 Å². The summed E-state index contributed by atoms with van der Waals surface area (Å²) < 4.78 is 5.14. The Labute approximate surface area is 176 Å². The van der Waals surface area contributed by atoms with Crippen LogP contribution in [0.4, 0.5) is 23.3 Å². The fraction of sp³-hybridized carbons (Fsp3) is 0.524. The maximum Gasteiger partial charge on any atom is 0.247 e. The highest BCUT2D eigenvalue weighted by Gasteiger charge is 2.36. The van der Waals surface area contributed by atoms with Crippen molar-refractivity contribution in [3.63, 3.8) is 0 Å². The van der Waals surface area contributed by atoms with Gasteiger partial charge in [0, 0.05) is 19.1 Å². The average molecular weight is 412 g/mol. The number of amides is 1. The summed E-state index contributed by atoms with van der Waals surface area (Å²) >= 11 is 0. The van der Waals surface area contributed by atoms with E-state index in [-0.39, 0.29) is 17.9 Å². The number of rotatable bonds is 6. The number of nitrogens with zero attached hydrogens (tertiary/aromatic N) is 4. The molecule has 0 aromatic carbocycles. The molecule has 2 aromatic rings. The number of aryl methyl sites for hydroxylation is 1. The molecule has 1 aliphatic carbocycles. The summed E-state index contributed by atoms with van der Waals surface area (Å²) in [7, 11) is 3.55. The highest BCUT2D eigenvalue weighted by molar-refractivity contribution is 6.03. The molecule has 0 bridgehead atoms. The molecule has 0 radical (unpaired) electrons. The van der Waals surface area contributed by atoms with Gasteiger partial charge in [0.2, 0.25) is 11.9 Å². The minimum absolute atomic E-state index is 0.00698. The lowest BCUT2D eigenvalue weighted by atomic mass is 9.87. The van der Waals surface area contributed by atoms with Gasteiger partial charge in [-0.15, -0.1) is 0 Å².